The third-order valence-electron chi connectivity index (χ3n) is 2.74. The van der Waals surface area contributed by atoms with Crippen LogP contribution in [-0.2, 0) is 4.79 Å². The third-order valence-corrected chi connectivity index (χ3v) is 3.25. The Hall–Kier alpha value is -1.03. The molecule has 1 fully saturated rings. The fraction of sp³-hybridized carbons (Fsp3) is 0.417. The van der Waals surface area contributed by atoms with E-state index in [9.17, 15) is 4.79 Å². The average Bonchev–Trinajstić information content (AvgIpc) is 2.83. The molecule has 0 aromatic heterocycles. The average molecular weight is 283 g/mol. The Kier molecular flexibility index (Phi) is 3.83. The summed E-state index contributed by atoms with van der Waals surface area (Å²) in [4.78, 5) is 13.5. The van der Waals surface area contributed by atoms with Crippen LogP contribution in [0.5, 0.6) is 0 Å². The molecule has 0 bridgehead atoms. The monoisotopic (exact) mass is 282 g/mol. The predicted molar refractivity (Wildman–Crippen MR) is 70.3 cm³/mol. The molecule has 0 unspecified atom stereocenters. The Morgan fingerprint density at radius 1 is 1.25 bits per heavy atom. The quantitative estimate of drug-likeness (QED) is 0.865. The van der Waals surface area contributed by atoms with E-state index >= 15 is 0 Å². The highest BCUT2D eigenvalue weighted by atomic mass is 79.9. The number of alkyl halides is 1. The van der Waals surface area contributed by atoms with Crippen molar-refractivity contribution >= 4 is 33.2 Å². The summed E-state index contributed by atoms with van der Waals surface area (Å²) in [5.41, 5.74) is 2.10. The molecule has 2 rings (SSSR count). The van der Waals surface area contributed by atoms with Crippen molar-refractivity contribution in [1.29, 1.82) is 0 Å². The summed E-state index contributed by atoms with van der Waals surface area (Å²) in [6.07, 6.45) is 2.56. The molecule has 0 saturated carbocycles. The predicted octanol–water partition coefficient (Wildman–Crippen LogP) is 2.62. The maximum absolute atomic E-state index is 11.2. The number of benzene rings is 1. The van der Waals surface area contributed by atoms with E-state index in [2.05, 4.69) is 38.3 Å². The number of carbonyl (C=O) groups excluding carboxylic acids is 1. The SMILES string of the molecule is O=C(CBr)Nc1ccc(N2CCCC2)cc1. The fourth-order valence-electron chi connectivity index (χ4n) is 1.93. The summed E-state index contributed by atoms with van der Waals surface area (Å²) in [6.45, 7) is 2.29. The maximum atomic E-state index is 11.2. The zero-order valence-electron chi connectivity index (χ0n) is 9.08. The van der Waals surface area contributed by atoms with Crippen LogP contribution in [0.3, 0.4) is 0 Å². The number of rotatable bonds is 3. The summed E-state index contributed by atoms with van der Waals surface area (Å²) in [5, 5.41) is 3.14. The van der Waals surface area contributed by atoms with Gasteiger partial charge in [0.25, 0.3) is 0 Å². The van der Waals surface area contributed by atoms with Crippen LogP contribution in [0.25, 0.3) is 0 Å². The molecule has 1 heterocycles. The first-order chi connectivity index (χ1) is 7.79. The molecule has 0 spiro atoms. The topological polar surface area (TPSA) is 32.3 Å². The highest BCUT2D eigenvalue weighted by molar-refractivity contribution is 9.09. The molecule has 3 nitrogen and oxygen atoms in total. The molecule has 0 radical (unpaired) electrons. The van der Waals surface area contributed by atoms with Gasteiger partial charge in [-0.25, -0.2) is 0 Å². The van der Waals surface area contributed by atoms with Gasteiger partial charge < -0.3 is 10.2 Å². The molecule has 1 aliphatic heterocycles. The molecule has 1 aliphatic rings. The van der Waals surface area contributed by atoms with E-state index in [0.717, 1.165) is 18.8 Å². The minimum Gasteiger partial charge on any atom is -0.372 e. The lowest BCUT2D eigenvalue weighted by molar-refractivity contribution is -0.113. The van der Waals surface area contributed by atoms with Gasteiger partial charge in [0.2, 0.25) is 5.91 Å². The summed E-state index contributed by atoms with van der Waals surface area (Å²) >= 11 is 3.12. The van der Waals surface area contributed by atoms with Crippen LogP contribution in [-0.4, -0.2) is 24.3 Å². The molecule has 1 saturated heterocycles. The zero-order chi connectivity index (χ0) is 11.4. The number of nitrogens with one attached hydrogen (secondary N) is 1. The van der Waals surface area contributed by atoms with Gasteiger partial charge in [0.05, 0.1) is 5.33 Å². The van der Waals surface area contributed by atoms with Gasteiger partial charge in [-0.2, -0.15) is 0 Å². The lowest BCUT2D eigenvalue weighted by Crippen LogP contribution is -2.17. The van der Waals surface area contributed by atoms with E-state index in [4.69, 9.17) is 0 Å². The van der Waals surface area contributed by atoms with Crippen molar-refractivity contribution in [3.8, 4) is 0 Å². The van der Waals surface area contributed by atoms with Crippen LogP contribution in [0.1, 0.15) is 12.8 Å². The molecule has 0 atom stereocenters. The minimum absolute atomic E-state index is 0.0195. The number of hydrogen-bond donors (Lipinski definition) is 1. The summed E-state index contributed by atoms with van der Waals surface area (Å²) < 4.78 is 0. The number of carbonyl (C=O) groups is 1. The third kappa shape index (κ3) is 2.76. The van der Waals surface area contributed by atoms with Crippen LogP contribution in [0.4, 0.5) is 11.4 Å². The van der Waals surface area contributed by atoms with Gasteiger partial charge in [-0.1, -0.05) is 15.9 Å². The van der Waals surface area contributed by atoms with E-state index in [1.807, 2.05) is 12.1 Å². The van der Waals surface area contributed by atoms with E-state index in [-0.39, 0.29) is 5.91 Å². The van der Waals surface area contributed by atoms with Gasteiger partial charge in [-0.3, -0.25) is 4.79 Å². The second-order valence-corrected chi connectivity index (χ2v) is 4.48. The van der Waals surface area contributed by atoms with Crippen LogP contribution in [0.2, 0.25) is 0 Å². The van der Waals surface area contributed by atoms with Gasteiger partial charge in [0, 0.05) is 24.5 Å². The number of anilines is 2. The van der Waals surface area contributed by atoms with Crippen molar-refractivity contribution in [2.75, 3.05) is 28.6 Å². The Labute approximate surface area is 104 Å². The van der Waals surface area contributed by atoms with Crippen LogP contribution < -0.4 is 10.2 Å². The Morgan fingerprint density at radius 3 is 2.44 bits per heavy atom. The first kappa shape index (κ1) is 11.5. The maximum Gasteiger partial charge on any atom is 0.235 e. The summed E-state index contributed by atoms with van der Waals surface area (Å²) in [6, 6.07) is 8.03. The van der Waals surface area contributed by atoms with Gasteiger partial charge in [-0.15, -0.1) is 0 Å². The summed E-state index contributed by atoms with van der Waals surface area (Å²) in [7, 11) is 0. The molecular weight excluding hydrogens is 268 g/mol. The molecule has 1 N–H and O–H groups in total. The van der Waals surface area contributed by atoms with Crippen LogP contribution >= 0.6 is 15.9 Å². The van der Waals surface area contributed by atoms with Gasteiger partial charge in [-0.05, 0) is 37.1 Å². The first-order valence-corrected chi connectivity index (χ1v) is 6.62. The van der Waals surface area contributed by atoms with Gasteiger partial charge in [0.15, 0.2) is 0 Å². The van der Waals surface area contributed by atoms with Crippen molar-refractivity contribution in [3.63, 3.8) is 0 Å². The molecular formula is C12H15BrN2O. The number of amides is 1. The normalized spacial score (nSPS) is 15.2. The van der Waals surface area contributed by atoms with Crippen molar-refractivity contribution in [3.05, 3.63) is 24.3 Å². The van der Waals surface area contributed by atoms with Crippen LogP contribution in [0, 0.1) is 0 Å². The zero-order valence-corrected chi connectivity index (χ0v) is 10.7. The summed E-state index contributed by atoms with van der Waals surface area (Å²) in [5.74, 6) is -0.0195. The first-order valence-electron chi connectivity index (χ1n) is 5.50. The van der Waals surface area contributed by atoms with Crippen LogP contribution in [0.15, 0.2) is 24.3 Å². The van der Waals surface area contributed by atoms with Gasteiger partial charge >= 0.3 is 0 Å². The van der Waals surface area contributed by atoms with E-state index in [1.165, 1.54) is 18.5 Å². The lowest BCUT2D eigenvalue weighted by atomic mass is 10.2. The second kappa shape index (κ2) is 5.34. The van der Waals surface area contributed by atoms with Crippen molar-refractivity contribution < 1.29 is 4.79 Å². The van der Waals surface area contributed by atoms with Crippen molar-refractivity contribution in [1.82, 2.24) is 0 Å². The Morgan fingerprint density at radius 2 is 1.88 bits per heavy atom. The lowest BCUT2D eigenvalue weighted by Gasteiger charge is -2.17. The second-order valence-electron chi connectivity index (χ2n) is 3.92. The largest absolute Gasteiger partial charge is 0.372 e. The number of halogens is 1. The van der Waals surface area contributed by atoms with Crippen molar-refractivity contribution in [2.24, 2.45) is 0 Å². The smallest absolute Gasteiger partial charge is 0.235 e. The van der Waals surface area contributed by atoms with Crippen molar-refractivity contribution in [2.45, 2.75) is 12.8 Å². The fourth-order valence-corrected chi connectivity index (χ4v) is 2.07. The molecule has 0 aliphatic carbocycles. The highest BCUT2D eigenvalue weighted by Gasteiger charge is 2.11. The molecule has 16 heavy (non-hydrogen) atoms. The molecule has 1 aromatic carbocycles. The highest BCUT2D eigenvalue weighted by Crippen LogP contribution is 2.21. The Balaban J connectivity index is 2.01. The molecule has 86 valence electrons. The van der Waals surface area contributed by atoms with E-state index < -0.39 is 0 Å². The number of hydrogen-bond acceptors (Lipinski definition) is 2. The Bertz CT molecular complexity index is 358. The molecule has 1 aromatic rings. The van der Waals surface area contributed by atoms with Gasteiger partial charge in [0.1, 0.15) is 0 Å². The minimum atomic E-state index is -0.0195. The molecule has 1 amide bonds. The van der Waals surface area contributed by atoms with E-state index in [0.29, 0.717) is 5.33 Å². The van der Waals surface area contributed by atoms with E-state index in [1.54, 1.807) is 0 Å². The standard InChI is InChI=1S/C12H15BrN2O/c13-9-12(16)14-10-3-5-11(6-4-10)15-7-1-2-8-15/h3-6H,1-2,7-9H2,(H,14,16). The number of nitrogens with zero attached hydrogens (tertiary/aromatic N) is 1. The molecule has 4 heteroatoms.